The summed E-state index contributed by atoms with van der Waals surface area (Å²) in [6.07, 6.45) is 1.65. The van der Waals surface area contributed by atoms with Crippen LogP contribution in [0.2, 0.25) is 0 Å². The van der Waals surface area contributed by atoms with Gasteiger partial charge < -0.3 is 15.5 Å². The minimum absolute atomic E-state index is 0. The minimum Gasteiger partial charge on any atom is -0.423 e. The van der Waals surface area contributed by atoms with E-state index in [-0.39, 0.29) is 5.48 Å². The third-order valence-electron chi connectivity index (χ3n) is 2.00. The second kappa shape index (κ2) is 4.74. The van der Waals surface area contributed by atoms with E-state index in [1.165, 1.54) is 0 Å². The number of H-pyrrole nitrogens is 1. The number of rotatable bonds is 2. The molecule has 0 radical (unpaired) electrons. The second-order valence-electron chi connectivity index (χ2n) is 2.97. The summed E-state index contributed by atoms with van der Waals surface area (Å²) >= 11 is 0. The number of aromatic amines is 1. The summed E-state index contributed by atoms with van der Waals surface area (Å²) < 4.78 is 0. The largest absolute Gasteiger partial charge is 0.488 e. The molecule has 0 saturated carbocycles. The van der Waals surface area contributed by atoms with E-state index < -0.39 is 7.12 Å². The highest BCUT2D eigenvalue weighted by molar-refractivity contribution is 6.58. The molecule has 0 atom stereocenters. The summed E-state index contributed by atoms with van der Waals surface area (Å²) in [7, 11) is -1.43. The quantitative estimate of drug-likeness (QED) is 0.545. The fraction of sp³-hybridized carbons (Fsp3) is 0. The molecule has 15 heavy (non-hydrogen) atoms. The van der Waals surface area contributed by atoms with Crippen LogP contribution in [0, 0.1) is 0 Å². The maximum absolute atomic E-state index is 8.98. The number of aromatic nitrogens is 2. The highest BCUT2D eigenvalue weighted by Crippen LogP contribution is 2.13. The summed E-state index contributed by atoms with van der Waals surface area (Å²) in [6, 6.07) is 8.83. The maximum Gasteiger partial charge on any atom is 0.488 e. The SMILES string of the molecule is O.OB(O)c1cccc(-c2ccn[nH]2)c1. The third kappa shape index (κ3) is 2.44. The minimum atomic E-state index is -1.43. The molecule has 0 aliphatic rings. The molecule has 78 valence electrons. The zero-order valence-electron chi connectivity index (χ0n) is 7.88. The molecule has 0 aliphatic heterocycles. The Balaban J connectivity index is 0.00000112. The van der Waals surface area contributed by atoms with Crippen LogP contribution < -0.4 is 5.46 Å². The van der Waals surface area contributed by atoms with Gasteiger partial charge in [-0.25, -0.2) is 0 Å². The van der Waals surface area contributed by atoms with Crippen LogP contribution in [0.1, 0.15) is 0 Å². The van der Waals surface area contributed by atoms with Gasteiger partial charge in [-0.15, -0.1) is 0 Å². The normalized spacial score (nSPS) is 9.47. The number of hydrogen-bond donors (Lipinski definition) is 3. The molecule has 0 saturated heterocycles. The van der Waals surface area contributed by atoms with Gasteiger partial charge in [-0.05, 0) is 17.1 Å². The first-order valence-corrected chi connectivity index (χ1v) is 4.23. The van der Waals surface area contributed by atoms with Gasteiger partial charge in [0.15, 0.2) is 0 Å². The van der Waals surface area contributed by atoms with Crippen LogP contribution in [0.5, 0.6) is 0 Å². The molecule has 5 N–H and O–H groups in total. The van der Waals surface area contributed by atoms with Crippen molar-refractivity contribution in [2.24, 2.45) is 0 Å². The molecule has 2 aromatic rings. The van der Waals surface area contributed by atoms with Crippen molar-refractivity contribution in [2.75, 3.05) is 0 Å². The number of nitrogens with one attached hydrogen (secondary N) is 1. The molecular formula is C9H11BN2O3. The lowest BCUT2D eigenvalue weighted by Crippen LogP contribution is -2.29. The molecule has 2 rings (SSSR count). The van der Waals surface area contributed by atoms with Gasteiger partial charge in [0, 0.05) is 6.20 Å². The van der Waals surface area contributed by atoms with Crippen molar-refractivity contribution < 1.29 is 15.5 Å². The van der Waals surface area contributed by atoms with E-state index in [0.29, 0.717) is 5.46 Å². The Morgan fingerprint density at radius 3 is 2.60 bits per heavy atom. The van der Waals surface area contributed by atoms with E-state index in [1.807, 2.05) is 12.1 Å². The smallest absolute Gasteiger partial charge is 0.423 e. The average Bonchev–Trinajstić information content (AvgIpc) is 2.71. The second-order valence-corrected chi connectivity index (χ2v) is 2.97. The zero-order valence-corrected chi connectivity index (χ0v) is 7.88. The van der Waals surface area contributed by atoms with Gasteiger partial charge in [0.1, 0.15) is 0 Å². The topological polar surface area (TPSA) is 101 Å². The molecule has 0 bridgehead atoms. The zero-order chi connectivity index (χ0) is 9.97. The van der Waals surface area contributed by atoms with Crippen molar-refractivity contribution >= 4 is 12.6 Å². The van der Waals surface area contributed by atoms with Crippen LogP contribution in [0.4, 0.5) is 0 Å². The van der Waals surface area contributed by atoms with Crippen LogP contribution in [-0.4, -0.2) is 32.8 Å². The Hall–Kier alpha value is -1.63. The van der Waals surface area contributed by atoms with Gasteiger partial charge >= 0.3 is 7.12 Å². The molecule has 0 fully saturated rings. The fourth-order valence-electron chi connectivity index (χ4n) is 1.28. The number of hydrogen-bond acceptors (Lipinski definition) is 3. The summed E-state index contributed by atoms with van der Waals surface area (Å²) in [5, 5.41) is 24.6. The lowest BCUT2D eigenvalue weighted by molar-refractivity contribution is 0.426. The number of nitrogens with zero attached hydrogens (tertiary/aromatic N) is 1. The molecule has 1 heterocycles. The predicted molar refractivity (Wildman–Crippen MR) is 57.5 cm³/mol. The molecule has 0 unspecified atom stereocenters. The van der Waals surface area contributed by atoms with Crippen molar-refractivity contribution in [2.45, 2.75) is 0 Å². The van der Waals surface area contributed by atoms with Crippen LogP contribution in [0.3, 0.4) is 0 Å². The summed E-state index contributed by atoms with van der Waals surface area (Å²) in [4.78, 5) is 0. The lowest BCUT2D eigenvalue weighted by Gasteiger charge is -2.01. The van der Waals surface area contributed by atoms with E-state index in [2.05, 4.69) is 10.2 Å². The molecule has 0 spiro atoms. The Kier molecular flexibility index (Phi) is 3.62. The Morgan fingerprint density at radius 1 is 1.20 bits per heavy atom. The van der Waals surface area contributed by atoms with Crippen LogP contribution in [0.25, 0.3) is 11.3 Å². The fourth-order valence-corrected chi connectivity index (χ4v) is 1.28. The van der Waals surface area contributed by atoms with E-state index in [9.17, 15) is 0 Å². The van der Waals surface area contributed by atoms with E-state index >= 15 is 0 Å². The van der Waals surface area contributed by atoms with Crippen LogP contribution in [-0.2, 0) is 0 Å². The van der Waals surface area contributed by atoms with Gasteiger partial charge in [0.05, 0.1) is 5.69 Å². The molecule has 6 heteroatoms. The summed E-state index contributed by atoms with van der Waals surface area (Å²) in [5.74, 6) is 0. The van der Waals surface area contributed by atoms with Crippen molar-refractivity contribution in [3.63, 3.8) is 0 Å². The first kappa shape index (κ1) is 11.4. The van der Waals surface area contributed by atoms with Crippen LogP contribution in [0.15, 0.2) is 36.5 Å². The van der Waals surface area contributed by atoms with Crippen LogP contribution >= 0.6 is 0 Å². The lowest BCUT2D eigenvalue weighted by atomic mass is 9.79. The van der Waals surface area contributed by atoms with Gasteiger partial charge in [-0.1, -0.05) is 24.3 Å². The molecule has 0 aliphatic carbocycles. The first-order chi connectivity index (χ1) is 6.77. The van der Waals surface area contributed by atoms with Gasteiger partial charge in [0.25, 0.3) is 0 Å². The van der Waals surface area contributed by atoms with Crippen molar-refractivity contribution in [3.8, 4) is 11.3 Å². The highest BCUT2D eigenvalue weighted by atomic mass is 16.4. The molecule has 5 nitrogen and oxygen atoms in total. The monoisotopic (exact) mass is 206 g/mol. The van der Waals surface area contributed by atoms with Crippen molar-refractivity contribution in [1.82, 2.24) is 10.2 Å². The molecule has 0 amide bonds. The molecule has 1 aromatic heterocycles. The van der Waals surface area contributed by atoms with Crippen molar-refractivity contribution in [1.29, 1.82) is 0 Å². The van der Waals surface area contributed by atoms with Gasteiger partial charge in [-0.3, -0.25) is 5.10 Å². The number of benzene rings is 1. The third-order valence-corrected chi connectivity index (χ3v) is 2.00. The summed E-state index contributed by atoms with van der Waals surface area (Å²) in [6.45, 7) is 0. The van der Waals surface area contributed by atoms with Crippen molar-refractivity contribution in [3.05, 3.63) is 36.5 Å². The van der Waals surface area contributed by atoms with E-state index in [1.54, 1.807) is 24.4 Å². The average molecular weight is 206 g/mol. The Labute approximate surface area is 86.8 Å². The Morgan fingerprint density at radius 2 is 2.00 bits per heavy atom. The molecule has 1 aromatic carbocycles. The summed E-state index contributed by atoms with van der Waals surface area (Å²) in [5.41, 5.74) is 2.21. The highest BCUT2D eigenvalue weighted by Gasteiger charge is 2.11. The first-order valence-electron chi connectivity index (χ1n) is 4.23. The standard InChI is InChI=1S/C9H9BN2O2.H2O/c13-10(14)8-3-1-2-7(6-8)9-4-5-11-12-9;/h1-6,13-14H,(H,11,12);1H2. The van der Waals surface area contributed by atoms with Gasteiger partial charge in [0.2, 0.25) is 0 Å². The predicted octanol–water partition coefficient (Wildman–Crippen LogP) is -1.07. The van der Waals surface area contributed by atoms with E-state index in [0.717, 1.165) is 11.3 Å². The maximum atomic E-state index is 8.98. The van der Waals surface area contributed by atoms with E-state index in [4.69, 9.17) is 10.0 Å². The Bertz CT molecular complexity index is 417. The molecular weight excluding hydrogens is 195 g/mol. The van der Waals surface area contributed by atoms with Gasteiger partial charge in [-0.2, -0.15) is 5.10 Å².